The number of hydrogen-bond acceptors (Lipinski definition) is 5. The minimum absolute atomic E-state index is 0.209. The Labute approximate surface area is 164 Å². The van der Waals surface area contributed by atoms with Gasteiger partial charge in [0, 0.05) is 44.7 Å². The van der Waals surface area contributed by atoms with Gasteiger partial charge in [-0.25, -0.2) is 8.42 Å². The zero-order valence-corrected chi connectivity index (χ0v) is 17.6. The minimum Gasteiger partial charge on any atom is -0.312 e. The summed E-state index contributed by atoms with van der Waals surface area (Å²) >= 11 is 0. The van der Waals surface area contributed by atoms with Crippen molar-refractivity contribution in [2.24, 2.45) is 11.3 Å². The molecular weight excluding hydrogens is 360 g/mol. The van der Waals surface area contributed by atoms with Crippen LogP contribution in [0.15, 0.2) is 29.2 Å². The van der Waals surface area contributed by atoms with Gasteiger partial charge in [0.25, 0.3) is 0 Å². The number of rotatable bonds is 6. The topological polar surface area (TPSA) is 73.5 Å². The molecule has 2 atom stereocenters. The Balaban J connectivity index is 1.53. The van der Waals surface area contributed by atoms with Gasteiger partial charge < -0.3 is 5.32 Å². The summed E-state index contributed by atoms with van der Waals surface area (Å²) < 4.78 is 27.0. The molecule has 2 heterocycles. The summed E-state index contributed by atoms with van der Waals surface area (Å²) in [7, 11) is -3.34. The van der Waals surface area contributed by atoms with Crippen molar-refractivity contribution >= 4 is 10.0 Å². The second-order valence-corrected chi connectivity index (χ2v) is 10.8. The monoisotopic (exact) mass is 394 g/mol. The first-order valence-electron chi connectivity index (χ1n) is 10.1. The van der Waals surface area contributed by atoms with E-state index in [0.717, 1.165) is 44.5 Å². The maximum Gasteiger partial charge on any atom is 0.243 e. The van der Waals surface area contributed by atoms with Crippen molar-refractivity contribution in [3.8, 4) is 0 Å². The Hall–Kier alpha value is -0.990. The van der Waals surface area contributed by atoms with E-state index in [4.69, 9.17) is 0 Å². The molecule has 2 fully saturated rings. The SMILES string of the molecule is CC(C)(C)C1NNCC1CNCc1ccc(S(=O)(=O)N2CCCCC2)cc1. The summed E-state index contributed by atoms with van der Waals surface area (Å²) in [4.78, 5) is 0.408. The number of benzene rings is 1. The van der Waals surface area contributed by atoms with Crippen LogP contribution in [-0.4, -0.2) is 44.9 Å². The van der Waals surface area contributed by atoms with Crippen LogP contribution in [0.1, 0.15) is 45.6 Å². The van der Waals surface area contributed by atoms with E-state index >= 15 is 0 Å². The van der Waals surface area contributed by atoms with Crippen LogP contribution in [0.3, 0.4) is 0 Å². The second-order valence-electron chi connectivity index (χ2n) is 8.87. The van der Waals surface area contributed by atoms with Crippen molar-refractivity contribution < 1.29 is 8.42 Å². The highest BCUT2D eigenvalue weighted by atomic mass is 32.2. The molecule has 152 valence electrons. The third kappa shape index (κ3) is 5.09. The Kier molecular flexibility index (Phi) is 6.58. The molecule has 0 amide bonds. The van der Waals surface area contributed by atoms with E-state index in [2.05, 4.69) is 36.9 Å². The quantitative estimate of drug-likeness (QED) is 0.689. The van der Waals surface area contributed by atoms with Gasteiger partial charge in [-0.2, -0.15) is 4.31 Å². The molecule has 3 N–H and O–H groups in total. The van der Waals surface area contributed by atoms with Gasteiger partial charge in [0.2, 0.25) is 10.0 Å². The summed E-state index contributed by atoms with van der Waals surface area (Å²) in [5.41, 5.74) is 7.98. The fourth-order valence-corrected chi connectivity index (χ4v) is 5.60. The van der Waals surface area contributed by atoms with Crippen molar-refractivity contribution in [1.82, 2.24) is 20.5 Å². The molecule has 6 nitrogen and oxygen atoms in total. The molecular formula is C20H34N4O2S. The van der Waals surface area contributed by atoms with E-state index < -0.39 is 10.0 Å². The molecule has 2 unspecified atom stereocenters. The number of nitrogens with zero attached hydrogens (tertiary/aromatic N) is 1. The molecule has 1 aromatic carbocycles. The highest BCUT2D eigenvalue weighted by Gasteiger charge is 2.35. The smallest absolute Gasteiger partial charge is 0.243 e. The number of hydrogen-bond donors (Lipinski definition) is 3. The fourth-order valence-electron chi connectivity index (χ4n) is 4.08. The van der Waals surface area contributed by atoms with Crippen LogP contribution in [0.4, 0.5) is 0 Å². The van der Waals surface area contributed by atoms with Gasteiger partial charge in [-0.15, -0.1) is 0 Å². The molecule has 2 saturated heterocycles. The number of piperidine rings is 1. The van der Waals surface area contributed by atoms with Crippen LogP contribution < -0.4 is 16.2 Å². The fraction of sp³-hybridized carbons (Fsp3) is 0.700. The third-order valence-electron chi connectivity index (χ3n) is 5.64. The van der Waals surface area contributed by atoms with Crippen LogP contribution in [0.25, 0.3) is 0 Å². The molecule has 7 heteroatoms. The standard InChI is InChI=1S/C20H34N4O2S/c1-20(2,3)19-17(15-22-23-19)14-21-13-16-7-9-18(10-8-16)27(25,26)24-11-5-4-6-12-24/h7-10,17,19,21-23H,4-6,11-15H2,1-3H3. The first-order valence-corrected chi connectivity index (χ1v) is 11.5. The molecule has 3 rings (SSSR count). The average molecular weight is 395 g/mol. The Bertz CT molecular complexity index is 706. The van der Waals surface area contributed by atoms with Gasteiger partial charge >= 0.3 is 0 Å². The van der Waals surface area contributed by atoms with Crippen LogP contribution in [0.5, 0.6) is 0 Å². The maximum atomic E-state index is 12.7. The van der Waals surface area contributed by atoms with Gasteiger partial charge in [-0.1, -0.05) is 39.3 Å². The molecule has 0 bridgehead atoms. The van der Waals surface area contributed by atoms with E-state index in [1.54, 1.807) is 16.4 Å². The Morgan fingerprint density at radius 1 is 1.11 bits per heavy atom. The Morgan fingerprint density at radius 3 is 2.41 bits per heavy atom. The predicted octanol–water partition coefficient (Wildman–Crippen LogP) is 2.09. The minimum atomic E-state index is -3.34. The van der Waals surface area contributed by atoms with Crippen molar-refractivity contribution in [2.75, 3.05) is 26.2 Å². The van der Waals surface area contributed by atoms with Crippen LogP contribution in [0, 0.1) is 11.3 Å². The van der Waals surface area contributed by atoms with E-state index in [1.165, 1.54) is 0 Å². The van der Waals surface area contributed by atoms with Gasteiger partial charge in [0.15, 0.2) is 0 Å². The lowest BCUT2D eigenvalue weighted by Gasteiger charge is -2.31. The lowest BCUT2D eigenvalue weighted by molar-refractivity contribution is 0.235. The number of sulfonamides is 1. The molecule has 0 spiro atoms. The second kappa shape index (κ2) is 8.57. The summed E-state index contributed by atoms with van der Waals surface area (Å²) in [6.07, 6.45) is 3.04. The summed E-state index contributed by atoms with van der Waals surface area (Å²) in [6, 6.07) is 7.78. The van der Waals surface area contributed by atoms with E-state index in [1.807, 2.05) is 12.1 Å². The highest BCUT2D eigenvalue weighted by molar-refractivity contribution is 7.89. The summed E-state index contributed by atoms with van der Waals surface area (Å²) in [5, 5.41) is 3.53. The maximum absolute atomic E-state index is 12.7. The van der Waals surface area contributed by atoms with Gasteiger partial charge in [-0.05, 0) is 36.0 Å². The van der Waals surface area contributed by atoms with Crippen LogP contribution in [0.2, 0.25) is 0 Å². The largest absolute Gasteiger partial charge is 0.312 e. The zero-order chi connectivity index (χ0) is 19.5. The predicted molar refractivity (Wildman–Crippen MR) is 109 cm³/mol. The van der Waals surface area contributed by atoms with Gasteiger partial charge in [0.1, 0.15) is 0 Å². The molecule has 2 aliphatic heterocycles. The van der Waals surface area contributed by atoms with Gasteiger partial charge in [0.05, 0.1) is 4.90 Å². The van der Waals surface area contributed by atoms with E-state index in [-0.39, 0.29) is 5.41 Å². The normalized spacial score (nSPS) is 25.0. The number of nitrogens with one attached hydrogen (secondary N) is 3. The molecule has 0 aromatic heterocycles. The van der Waals surface area contributed by atoms with E-state index in [0.29, 0.717) is 29.9 Å². The molecule has 1 aromatic rings. The first kappa shape index (κ1) is 20.7. The lowest BCUT2D eigenvalue weighted by Crippen LogP contribution is -2.44. The highest BCUT2D eigenvalue weighted by Crippen LogP contribution is 2.27. The molecule has 0 aliphatic carbocycles. The Morgan fingerprint density at radius 2 is 1.78 bits per heavy atom. The molecule has 0 saturated carbocycles. The average Bonchev–Trinajstić information content (AvgIpc) is 3.12. The lowest BCUT2D eigenvalue weighted by atomic mass is 9.80. The molecule has 0 radical (unpaired) electrons. The van der Waals surface area contributed by atoms with Crippen molar-refractivity contribution in [3.05, 3.63) is 29.8 Å². The van der Waals surface area contributed by atoms with Crippen molar-refractivity contribution in [1.29, 1.82) is 0 Å². The van der Waals surface area contributed by atoms with Crippen molar-refractivity contribution in [3.63, 3.8) is 0 Å². The van der Waals surface area contributed by atoms with Crippen LogP contribution in [-0.2, 0) is 16.6 Å². The van der Waals surface area contributed by atoms with Crippen molar-refractivity contribution in [2.45, 2.75) is 57.5 Å². The molecule has 2 aliphatic rings. The first-order chi connectivity index (χ1) is 12.8. The molecule has 27 heavy (non-hydrogen) atoms. The number of hydrazine groups is 1. The van der Waals surface area contributed by atoms with Gasteiger partial charge in [-0.3, -0.25) is 10.9 Å². The summed E-state index contributed by atoms with van der Waals surface area (Å²) in [5.74, 6) is 0.531. The van der Waals surface area contributed by atoms with Crippen LogP contribution >= 0.6 is 0 Å². The van der Waals surface area contributed by atoms with E-state index in [9.17, 15) is 8.42 Å². The zero-order valence-electron chi connectivity index (χ0n) is 16.8. The summed E-state index contributed by atoms with van der Waals surface area (Å²) in [6.45, 7) is 10.7. The third-order valence-corrected chi connectivity index (χ3v) is 7.55.